The summed E-state index contributed by atoms with van der Waals surface area (Å²) in [6, 6.07) is 3.96. The highest BCUT2D eigenvalue weighted by Gasteiger charge is 2.22. The van der Waals surface area contributed by atoms with Gasteiger partial charge in [0.15, 0.2) is 11.5 Å². The molecule has 2 aliphatic rings. The summed E-state index contributed by atoms with van der Waals surface area (Å²) in [4.78, 5) is 14.4. The largest absolute Gasteiger partial charge is 0.493 e. The Bertz CT molecular complexity index is 755. The van der Waals surface area contributed by atoms with Crippen molar-refractivity contribution < 1.29 is 9.47 Å². The third-order valence-electron chi connectivity index (χ3n) is 4.97. The van der Waals surface area contributed by atoms with Crippen LogP contribution in [0, 0.1) is 0 Å². The number of piperazine rings is 1. The minimum atomic E-state index is 0.701. The molecule has 3 heterocycles. The molecule has 7 nitrogen and oxygen atoms in total. The highest BCUT2D eigenvalue weighted by Crippen LogP contribution is 2.37. The van der Waals surface area contributed by atoms with Gasteiger partial charge in [-0.15, -0.1) is 0 Å². The maximum Gasteiger partial charge on any atom is 0.227 e. The number of aromatic nitrogens is 2. The Kier molecular flexibility index (Phi) is 4.48. The fourth-order valence-electron chi connectivity index (χ4n) is 3.60. The molecule has 0 unspecified atom stereocenters. The van der Waals surface area contributed by atoms with Gasteiger partial charge in [-0.05, 0) is 18.9 Å². The van der Waals surface area contributed by atoms with Crippen molar-refractivity contribution >= 4 is 22.7 Å². The van der Waals surface area contributed by atoms with Crippen molar-refractivity contribution in [3.05, 3.63) is 12.1 Å². The number of hydrogen-bond donors (Lipinski definition) is 1. The van der Waals surface area contributed by atoms with Crippen LogP contribution >= 0.6 is 0 Å². The Morgan fingerprint density at radius 1 is 0.880 bits per heavy atom. The lowest BCUT2D eigenvalue weighted by Gasteiger charge is -2.29. The standard InChI is InChI=1S/C18H25N5O2/c1-24-15-11-13-14(12-16(15)25-2)20-18(23-9-5-19-6-10-23)21-17(13)22-7-3-4-8-22/h11-12,19H,3-10H2,1-2H3. The quantitative estimate of drug-likeness (QED) is 0.906. The second kappa shape index (κ2) is 6.92. The zero-order chi connectivity index (χ0) is 17.2. The van der Waals surface area contributed by atoms with Crippen molar-refractivity contribution in [1.82, 2.24) is 15.3 Å². The molecule has 0 aliphatic carbocycles. The van der Waals surface area contributed by atoms with Gasteiger partial charge in [0.2, 0.25) is 5.95 Å². The molecule has 0 saturated carbocycles. The number of nitrogens with zero attached hydrogens (tertiary/aromatic N) is 4. The summed E-state index contributed by atoms with van der Waals surface area (Å²) in [7, 11) is 3.32. The Balaban J connectivity index is 1.86. The maximum absolute atomic E-state index is 5.49. The number of benzene rings is 1. The Labute approximate surface area is 147 Å². The number of nitrogens with one attached hydrogen (secondary N) is 1. The van der Waals surface area contributed by atoms with Gasteiger partial charge in [-0.2, -0.15) is 4.98 Å². The molecule has 2 aliphatic heterocycles. The van der Waals surface area contributed by atoms with E-state index in [9.17, 15) is 0 Å². The van der Waals surface area contributed by atoms with Crippen molar-refractivity contribution in [2.75, 3.05) is 63.3 Å². The van der Waals surface area contributed by atoms with Crippen LogP contribution in [0.1, 0.15) is 12.8 Å². The van der Waals surface area contributed by atoms with Crippen LogP contribution in [0.5, 0.6) is 11.5 Å². The summed E-state index contributed by atoms with van der Waals surface area (Å²) in [5, 5.41) is 4.41. The summed E-state index contributed by atoms with van der Waals surface area (Å²) < 4.78 is 11.0. The number of ether oxygens (including phenoxy) is 2. The molecular formula is C18H25N5O2. The molecule has 25 heavy (non-hydrogen) atoms. The molecule has 2 saturated heterocycles. The van der Waals surface area contributed by atoms with Crippen LogP contribution in [0.25, 0.3) is 10.9 Å². The molecular weight excluding hydrogens is 318 g/mol. The average molecular weight is 343 g/mol. The number of fused-ring (bicyclic) bond motifs is 1. The van der Waals surface area contributed by atoms with Gasteiger partial charge < -0.3 is 24.6 Å². The van der Waals surface area contributed by atoms with Crippen LogP contribution in [0.4, 0.5) is 11.8 Å². The van der Waals surface area contributed by atoms with E-state index in [2.05, 4.69) is 15.1 Å². The molecule has 134 valence electrons. The van der Waals surface area contributed by atoms with E-state index < -0.39 is 0 Å². The Morgan fingerprint density at radius 2 is 1.56 bits per heavy atom. The summed E-state index contributed by atoms with van der Waals surface area (Å²) >= 11 is 0. The average Bonchev–Trinajstić information content (AvgIpc) is 3.21. The van der Waals surface area contributed by atoms with Crippen LogP contribution in [0.15, 0.2) is 12.1 Å². The molecule has 1 aromatic heterocycles. The fraction of sp³-hybridized carbons (Fsp3) is 0.556. The van der Waals surface area contributed by atoms with Crippen LogP contribution in [0.3, 0.4) is 0 Å². The molecule has 2 fully saturated rings. The van der Waals surface area contributed by atoms with Gasteiger partial charge in [0.25, 0.3) is 0 Å². The molecule has 7 heteroatoms. The maximum atomic E-state index is 5.49. The van der Waals surface area contributed by atoms with Gasteiger partial charge in [-0.3, -0.25) is 0 Å². The van der Waals surface area contributed by atoms with E-state index in [1.165, 1.54) is 12.8 Å². The monoisotopic (exact) mass is 343 g/mol. The van der Waals surface area contributed by atoms with E-state index >= 15 is 0 Å². The number of anilines is 2. The Hall–Kier alpha value is -2.28. The van der Waals surface area contributed by atoms with Gasteiger partial charge in [0.1, 0.15) is 5.82 Å². The van der Waals surface area contributed by atoms with E-state index in [1.54, 1.807) is 14.2 Å². The third-order valence-corrected chi connectivity index (χ3v) is 4.97. The second-order valence-corrected chi connectivity index (χ2v) is 6.50. The van der Waals surface area contributed by atoms with Gasteiger partial charge in [0.05, 0.1) is 19.7 Å². The van der Waals surface area contributed by atoms with E-state index in [0.717, 1.165) is 61.9 Å². The summed E-state index contributed by atoms with van der Waals surface area (Å²) in [6.07, 6.45) is 2.42. The van der Waals surface area contributed by atoms with Gasteiger partial charge in [-0.25, -0.2) is 4.98 Å². The predicted octanol–water partition coefficient (Wildman–Crippen LogP) is 1.66. The van der Waals surface area contributed by atoms with Gasteiger partial charge in [0, 0.05) is 50.7 Å². The molecule has 0 atom stereocenters. The van der Waals surface area contributed by atoms with E-state index in [-0.39, 0.29) is 0 Å². The van der Waals surface area contributed by atoms with Crippen LogP contribution in [-0.2, 0) is 0 Å². The topological polar surface area (TPSA) is 62.8 Å². The first-order chi connectivity index (χ1) is 12.3. The normalized spacial score (nSPS) is 18.0. The fourth-order valence-corrected chi connectivity index (χ4v) is 3.60. The molecule has 4 rings (SSSR count). The molecule has 1 aromatic carbocycles. The predicted molar refractivity (Wildman–Crippen MR) is 99.2 cm³/mol. The SMILES string of the molecule is COc1cc2nc(N3CCNCC3)nc(N3CCCC3)c2cc1OC. The van der Waals surface area contributed by atoms with Crippen LogP contribution in [-0.4, -0.2) is 63.5 Å². The molecule has 2 aromatic rings. The minimum absolute atomic E-state index is 0.701. The molecule has 0 amide bonds. The summed E-state index contributed by atoms with van der Waals surface area (Å²) in [6.45, 7) is 5.87. The smallest absolute Gasteiger partial charge is 0.227 e. The Morgan fingerprint density at radius 3 is 2.24 bits per heavy atom. The minimum Gasteiger partial charge on any atom is -0.493 e. The molecule has 0 radical (unpaired) electrons. The van der Waals surface area contributed by atoms with Crippen LogP contribution < -0.4 is 24.6 Å². The van der Waals surface area contributed by atoms with Crippen molar-refractivity contribution in [3.8, 4) is 11.5 Å². The van der Waals surface area contributed by atoms with Crippen LogP contribution in [0.2, 0.25) is 0 Å². The number of rotatable bonds is 4. The van der Waals surface area contributed by atoms with E-state index in [0.29, 0.717) is 11.5 Å². The highest BCUT2D eigenvalue weighted by atomic mass is 16.5. The lowest BCUT2D eigenvalue weighted by Crippen LogP contribution is -2.44. The summed E-state index contributed by atoms with van der Waals surface area (Å²) in [5.74, 6) is 3.24. The lowest BCUT2D eigenvalue weighted by molar-refractivity contribution is 0.356. The zero-order valence-corrected chi connectivity index (χ0v) is 14.9. The first kappa shape index (κ1) is 16.2. The zero-order valence-electron chi connectivity index (χ0n) is 14.9. The van der Waals surface area contributed by atoms with Crippen molar-refractivity contribution in [1.29, 1.82) is 0 Å². The van der Waals surface area contributed by atoms with Gasteiger partial charge in [-0.1, -0.05) is 0 Å². The highest BCUT2D eigenvalue weighted by molar-refractivity contribution is 5.93. The number of hydrogen-bond acceptors (Lipinski definition) is 7. The second-order valence-electron chi connectivity index (χ2n) is 6.50. The van der Waals surface area contributed by atoms with Crippen molar-refractivity contribution in [2.24, 2.45) is 0 Å². The third kappa shape index (κ3) is 3.04. The summed E-state index contributed by atoms with van der Waals surface area (Å²) in [5.41, 5.74) is 0.906. The first-order valence-corrected chi connectivity index (χ1v) is 8.94. The molecule has 1 N–H and O–H groups in total. The van der Waals surface area contributed by atoms with Crippen molar-refractivity contribution in [2.45, 2.75) is 12.8 Å². The van der Waals surface area contributed by atoms with E-state index in [1.807, 2.05) is 12.1 Å². The molecule has 0 bridgehead atoms. The molecule has 0 spiro atoms. The lowest BCUT2D eigenvalue weighted by atomic mass is 10.2. The van der Waals surface area contributed by atoms with Crippen molar-refractivity contribution in [3.63, 3.8) is 0 Å². The first-order valence-electron chi connectivity index (χ1n) is 8.94. The number of methoxy groups -OCH3 is 2. The van der Waals surface area contributed by atoms with Gasteiger partial charge >= 0.3 is 0 Å². The van der Waals surface area contributed by atoms with E-state index in [4.69, 9.17) is 19.4 Å².